The van der Waals surface area contributed by atoms with Gasteiger partial charge in [-0.2, -0.15) is 0 Å². The standard InChI is InChI=1S/C14H22N2O2/c1-10(2)12-6-5-7-13(8-12)16-14(17)15-11(3)9-18-4/h5-8,10-11H,9H2,1-4H3,(H2,15,16,17). The van der Waals surface area contributed by atoms with Crippen LogP contribution in [-0.2, 0) is 4.74 Å². The first-order valence-corrected chi connectivity index (χ1v) is 6.19. The van der Waals surface area contributed by atoms with Crippen LogP contribution in [0.3, 0.4) is 0 Å². The van der Waals surface area contributed by atoms with E-state index in [-0.39, 0.29) is 12.1 Å². The highest BCUT2D eigenvalue weighted by molar-refractivity contribution is 5.89. The van der Waals surface area contributed by atoms with Gasteiger partial charge in [-0.25, -0.2) is 4.79 Å². The van der Waals surface area contributed by atoms with Crippen LogP contribution in [0.25, 0.3) is 0 Å². The van der Waals surface area contributed by atoms with Crippen molar-refractivity contribution in [1.82, 2.24) is 5.32 Å². The summed E-state index contributed by atoms with van der Waals surface area (Å²) in [5.74, 6) is 0.447. The second-order valence-electron chi connectivity index (χ2n) is 4.74. The van der Waals surface area contributed by atoms with Crippen molar-refractivity contribution in [1.29, 1.82) is 0 Å². The SMILES string of the molecule is COCC(C)NC(=O)Nc1cccc(C(C)C)c1. The van der Waals surface area contributed by atoms with E-state index >= 15 is 0 Å². The fourth-order valence-corrected chi connectivity index (χ4v) is 1.66. The maximum absolute atomic E-state index is 11.7. The first kappa shape index (κ1) is 14.5. The van der Waals surface area contributed by atoms with E-state index in [2.05, 4.69) is 30.5 Å². The summed E-state index contributed by atoms with van der Waals surface area (Å²) >= 11 is 0. The van der Waals surface area contributed by atoms with Crippen molar-refractivity contribution in [2.75, 3.05) is 19.0 Å². The first-order chi connectivity index (χ1) is 8.52. The lowest BCUT2D eigenvalue weighted by Crippen LogP contribution is -2.38. The number of hydrogen-bond acceptors (Lipinski definition) is 2. The summed E-state index contributed by atoms with van der Waals surface area (Å²) in [4.78, 5) is 11.7. The average Bonchev–Trinajstić information content (AvgIpc) is 2.29. The summed E-state index contributed by atoms with van der Waals surface area (Å²) in [6, 6.07) is 7.66. The minimum absolute atomic E-state index is 0.0109. The lowest BCUT2D eigenvalue weighted by Gasteiger charge is -2.14. The summed E-state index contributed by atoms with van der Waals surface area (Å²) in [5.41, 5.74) is 2.01. The van der Waals surface area contributed by atoms with Gasteiger partial charge in [-0.05, 0) is 30.5 Å². The van der Waals surface area contributed by atoms with Crippen LogP contribution in [0.5, 0.6) is 0 Å². The number of carbonyl (C=O) groups excluding carboxylic acids is 1. The van der Waals surface area contributed by atoms with E-state index in [4.69, 9.17) is 4.74 Å². The number of ether oxygens (including phenoxy) is 1. The van der Waals surface area contributed by atoms with Gasteiger partial charge >= 0.3 is 6.03 Å². The molecule has 4 nitrogen and oxygen atoms in total. The molecular weight excluding hydrogens is 228 g/mol. The third kappa shape index (κ3) is 4.75. The number of rotatable bonds is 5. The van der Waals surface area contributed by atoms with Crippen molar-refractivity contribution in [3.8, 4) is 0 Å². The van der Waals surface area contributed by atoms with E-state index in [1.54, 1.807) is 7.11 Å². The van der Waals surface area contributed by atoms with Gasteiger partial charge in [0.05, 0.1) is 12.6 Å². The number of methoxy groups -OCH3 is 1. The van der Waals surface area contributed by atoms with E-state index in [1.165, 1.54) is 5.56 Å². The lowest BCUT2D eigenvalue weighted by molar-refractivity contribution is 0.173. The third-order valence-electron chi connectivity index (χ3n) is 2.61. The number of anilines is 1. The zero-order chi connectivity index (χ0) is 13.5. The van der Waals surface area contributed by atoms with Gasteiger partial charge in [-0.1, -0.05) is 26.0 Å². The summed E-state index contributed by atoms with van der Waals surface area (Å²) < 4.78 is 4.96. The molecule has 18 heavy (non-hydrogen) atoms. The summed E-state index contributed by atoms with van der Waals surface area (Å²) in [5, 5.41) is 5.62. The first-order valence-electron chi connectivity index (χ1n) is 6.19. The highest BCUT2D eigenvalue weighted by Gasteiger charge is 2.07. The summed E-state index contributed by atoms with van der Waals surface area (Å²) in [6.45, 7) is 6.65. The summed E-state index contributed by atoms with van der Waals surface area (Å²) in [6.07, 6.45) is 0. The van der Waals surface area contributed by atoms with Crippen LogP contribution in [0, 0.1) is 0 Å². The Kier molecular flexibility index (Phi) is 5.65. The molecule has 0 heterocycles. The average molecular weight is 250 g/mol. The largest absolute Gasteiger partial charge is 0.383 e. The zero-order valence-electron chi connectivity index (χ0n) is 11.5. The van der Waals surface area contributed by atoms with Crippen LogP contribution >= 0.6 is 0 Å². The monoisotopic (exact) mass is 250 g/mol. The number of amides is 2. The smallest absolute Gasteiger partial charge is 0.319 e. The quantitative estimate of drug-likeness (QED) is 0.844. The van der Waals surface area contributed by atoms with Crippen LogP contribution in [0.15, 0.2) is 24.3 Å². The molecule has 0 aromatic heterocycles. The number of carbonyl (C=O) groups is 1. The molecule has 1 unspecified atom stereocenters. The second kappa shape index (κ2) is 7.01. The zero-order valence-corrected chi connectivity index (χ0v) is 11.5. The van der Waals surface area contributed by atoms with Crippen LogP contribution in [0.2, 0.25) is 0 Å². The minimum Gasteiger partial charge on any atom is -0.383 e. The van der Waals surface area contributed by atoms with Crippen molar-refractivity contribution in [2.24, 2.45) is 0 Å². The van der Waals surface area contributed by atoms with Gasteiger partial charge < -0.3 is 15.4 Å². The van der Waals surface area contributed by atoms with Crippen molar-refractivity contribution < 1.29 is 9.53 Å². The molecule has 0 aliphatic carbocycles. The Bertz CT molecular complexity index is 391. The van der Waals surface area contributed by atoms with Crippen molar-refractivity contribution in [3.63, 3.8) is 0 Å². The predicted octanol–water partition coefficient (Wildman–Crippen LogP) is 2.97. The maximum atomic E-state index is 11.7. The Morgan fingerprint density at radius 2 is 2.06 bits per heavy atom. The maximum Gasteiger partial charge on any atom is 0.319 e. The molecule has 100 valence electrons. The van der Waals surface area contributed by atoms with Crippen molar-refractivity contribution >= 4 is 11.7 Å². The van der Waals surface area contributed by atoms with E-state index in [9.17, 15) is 4.79 Å². The Labute approximate surface area is 109 Å². The highest BCUT2D eigenvalue weighted by atomic mass is 16.5. The summed E-state index contributed by atoms with van der Waals surface area (Å²) in [7, 11) is 1.61. The topological polar surface area (TPSA) is 50.4 Å². The number of hydrogen-bond donors (Lipinski definition) is 2. The molecule has 0 saturated heterocycles. The molecule has 1 atom stereocenters. The molecule has 2 N–H and O–H groups in total. The third-order valence-corrected chi connectivity index (χ3v) is 2.61. The van der Waals surface area contributed by atoms with E-state index < -0.39 is 0 Å². The molecule has 0 aliphatic heterocycles. The van der Waals surface area contributed by atoms with E-state index in [0.29, 0.717) is 12.5 Å². The van der Waals surface area contributed by atoms with E-state index in [1.807, 2.05) is 25.1 Å². The van der Waals surface area contributed by atoms with Gasteiger partial charge in [-0.15, -0.1) is 0 Å². The van der Waals surface area contributed by atoms with Gasteiger partial charge in [-0.3, -0.25) is 0 Å². The van der Waals surface area contributed by atoms with E-state index in [0.717, 1.165) is 5.69 Å². The number of benzene rings is 1. The van der Waals surface area contributed by atoms with Crippen LogP contribution in [0.1, 0.15) is 32.3 Å². The fraction of sp³-hybridized carbons (Fsp3) is 0.500. The van der Waals surface area contributed by atoms with Crippen molar-refractivity contribution in [2.45, 2.75) is 32.7 Å². The molecule has 0 fully saturated rings. The van der Waals surface area contributed by atoms with Crippen LogP contribution in [-0.4, -0.2) is 25.8 Å². The minimum atomic E-state index is -0.208. The Morgan fingerprint density at radius 1 is 1.33 bits per heavy atom. The molecular formula is C14H22N2O2. The van der Waals surface area contributed by atoms with Gasteiger partial charge in [0.2, 0.25) is 0 Å². The number of urea groups is 1. The van der Waals surface area contributed by atoms with Crippen molar-refractivity contribution in [3.05, 3.63) is 29.8 Å². The lowest BCUT2D eigenvalue weighted by atomic mass is 10.0. The molecule has 0 spiro atoms. The Balaban J connectivity index is 2.56. The highest BCUT2D eigenvalue weighted by Crippen LogP contribution is 2.18. The molecule has 4 heteroatoms. The predicted molar refractivity (Wildman–Crippen MR) is 74.0 cm³/mol. The molecule has 0 bridgehead atoms. The molecule has 1 rings (SSSR count). The normalized spacial score (nSPS) is 12.3. The second-order valence-corrected chi connectivity index (χ2v) is 4.74. The van der Waals surface area contributed by atoms with Gasteiger partial charge in [0.1, 0.15) is 0 Å². The molecule has 0 aliphatic rings. The molecule has 1 aromatic carbocycles. The van der Waals surface area contributed by atoms with Crippen LogP contribution in [0.4, 0.5) is 10.5 Å². The number of nitrogens with one attached hydrogen (secondary N) is 2. The Morgan fingerprint density at radius 3 is 2.67 bits per heavy atom. The van der Waals surface area contributed by atoms with Crippen LogP contribution < -0.4 is 10.6 Å². The van der Waals surface area contributed by atoms with Gasteiger partial charge in [0, 0.05) is 12.8 Å². The molecule has 0 saturated carbocycles. The fourth-order valence-electron chi connectivity index (χ4n) is 1.66. The Hall–Kier alpha value is -1.55. The molecule has 0 radical (unpaired) electrons. The van der Waals surface area contributed by atoms with Gasteiger partial charge in [0.25, 0.3) is 0 Å². The molecule has 1 aromatic rings. The molecule has 2 amide bonds. The van der Waals surface area contributed by atoms with Gasteiger partial charge in [0.15, 0.2) is 0 Å².